The summed E-state index contributed by atoms with van der Waals surface area (Å²) < 4.78 is 90.4. The van der Waals surface area contributed by atoms with E-state index < -0.39 is 36.2 Å². The van der Waals surface area contributed by atoms with Crippen molar-refractivity contribution < 1.29 is 35.5 Å². The summed E-state index contributed by atoms with van der Waals surface area (Å²) in [4.78, 5) is 15.6. The van der Waals surface area contributed by atoms with Crippen LogP contribution in [0.15, 0.2) is 30.1 Å². The number of nitrogens with zero attached hydrogens (tertiary/aromatic N) is 4. The van der Waals surface area contributed by atoms with Crippen LogP contribution in [0.1, 0.15) is 17.8 Å². The molecule has 1 aliphatic carbocycles. The van der Waals surface area contributed by atoms with Crippen LogP contribution in [0.25, 0.3) is 0 Å². The zero-order valence-electron chi connectivity index (χ0n) is 15.0. The number of piperazine rings is 1. The highest BCUT2D eigenvalue weighted by Gasteiger charge is 2.42. The predicted octanol–water partition coefficient (Wildman–Crippen LogP) is 3.25. The summed E-state index contributed by atoms with van der Waals surface area (Å²) in [5, 5.41) is 2.94. The van der Waals surface area contributed by atoms with Crippen LogP contribution in [-0.2, 0) is 23.7 Å². The zero-order chi connectivity index (χ0) is 21.4. The minimum absolute atomic E-state index is 0.0379. The number of hydrogen-bond donors (Lipinski definition) is 0. The minimum Gasteiger partial charge on any atom is -0.339 e. The fourth-order valence-electron chi connectivity index (χ4n) is 3.29. The molecule has 1 atom stereocenters. The van der Waals surface area contributed by atoms with E-state index in [1.807, 2.05) is 4.90 Å². The van der Waals surface area contributed by atoms with Crippen LogP contribution in [0.2, 0.25) is 0 Å². The van der Waals surface area contributed by atoms with Crippen molar-refractivity contribution in [3.63, 3.8) is 0 Å². The molecule has 0 N–H and O–H groups in total. The molecule has 1 unspecified atom stereocenters. The Bertz CT molecular complexity index is 817. The van der Waals surface area contributed by atoms with Gasteiger partial charge in [-0.2, -0.15) is 31.4 Å². The van der Waals surface area contributed by atoms with Gasteiger partial charge >= 0.3 is 12.4 Å². The Morgan fingerprint density at radius 1 is 1.07 bits per heavy atom. The molecular formula is C17H17F7N4O. The summed E-state index contributed by atoms with van der Waals surface area (Å²) in [5.41, 5.74) is -3.33. The van der Waals surface area contributed by atoms with Gasteiger partial charge < -0.3 is 4.90 Å². The van der Waals surface area contributed by atoms with Gasteiger partial charge in [0.25, 0.3) is 0 Å². The number of carbonyl (C=O) groups excluding carboxylic acids is 1. The van der Waals surface area contributed by atoms with Crippen molar-refractivity contribution >= 4 is 5.91 Å². The lowest BCUT2D eigenvalue weighted by molar-refractivity contribution is -0.146. The monoisotopic (exact) mass is 426 g/mol. The number of allylic oxidation sites excluding steroid dienone is 2. The second-order valence-corrected chi connectivity index (χ2v) is 6.74. The lowest BCUT2D eigenvalue weighted by Crippen LogP contribution is -2.52. The topological polar surface area (TPSA) is 41.4 Å². The van der Waals surface area contributed by atoms with Gasteiger partial charge in [-0.3, -0.25) is 14.4 Å². The molecule has 12 heteroatoms. The van der Waals surface area contributed by atoms with Crippen molar-refractivity contribution in [2.75, 3.05) is 26.2 Å². The molecule has 1 aliphatic heterocycles. The molecule has 3 rings (SSSR count). The second-order valence-electron chi connectivity index (χ2n) is 6.74. The quantitative estimate of drug-likeness (QED) is 0.697. The third kappa shape index (κ3) is 4.98. The van der Waals surface area contributed by atoms with Crippen molar-refractivity contribution in [1.82, 2.24) is 19.6 Å². The van der Waals surface area contributed by atoms with E-state index in [1.54, 1.807) is 6.08 Å². The Morgan fingerprint density at radius 2 is 1.72 bits per heavy atom. The van der Waals surface area contributed by atoms with Gasteiger partial charge in [0.05, 0.1) is 0 Å². The number of carbonyl (C=O) groups is 1. The average molecular weight is 426 g/mol. The van der Waals surface area contributed by atoms with Gasteiger partial charge in [-0.15, -0.1) is 0 Å². The number of rotatable bonds is 3. The summed E-state index contributed by atoms with van der Waals surface area (Å²) in [6.45, 7) is 0.279. The molecule has 29 heavy (non-hydrogen) atoms. The molecule has 0 radical (unpaired) electrons. The maximum Gasteiger partial charge on any atom is 0.435 e. The highest BCUT2D eigenvalue weighted by molar-refractivity contribution is 5.76. The van der Waals surface area contributed by atoms with Crippen molar-refractivity contribution in [3.8, 4) is 0 Å². The molecule has 1 aromatic rings. The largest absolute Gasteiger partial charge is 0.435 e. The lowest BCUT2D eigenvalue weighted by Gasteiger charge is -2.38. The van der Waals surface area contributed by atoms with E-state index >= 15 is 0 Å². The second kappa shape index (κ2) is 7.81. The van der Waals surface area contributed by atoms with Crippen molar-refractivity contribution in [2.24, 2.45) is 0 Å². The van der Waals surface area contributed by atoms with Gasteiger partial charge in [0, 0.05) is 38.3 Å². The first kappa shape index (κ1) is 21.3. The highest BCUT2D eigenvalue weighted by Crippen LogP contribution is 2.35. The summed E-state index contributed by atoms with van der Waals surface area (Å²) in [7, 11) is 0. The molecule has 1 amide bonds. The third-order valence-electron chi connectivity index (χ3n) is 4.81. The lowest BCUT2D eigenvalue weighted by atomic mass is 10.1. The van der Waals surface area contributed by atoms with Gasteiger partial charge in [-0.05, 0) is 18.6 Å². The number of hydrogen-bond acceptors (Lipinski definition) is 3. The van der Waals surface area contributed by atoms with Gasteiger partial charge in [0.2, 0.25) is 5.91 Å². The fourth-order valence-corrected chi connectivity index (χ4v) is 3.29. The van der Waals surface area contributed by atoms with Crippen molar-refractivity contribution in [2.45, 2.75) is 31.4 Å². The Kier molecular flexibility index (Phi) is 5.74. The van der Waals surface area contributed by atoms with E-state index in [1.165, 1.54) is 17.1 Å². The number of alkyl halides is 6. The molecule has 2 heterocycles. The van der Waals surface area contributed by atoms with Crippen molar-refractivity contribution in [3.05, 3.63) is 41.5 Å². The maximum absolute atomic E-state index is 13.0. The molecule has 2 aliphatic rings. The summed E-state index contributed by atoms with van der Waals surface area (Å²) in [6.07, 6.45) is -5.17. The standard InChI is InChI=1S/C17H17F7N4O/c18-11-1-3-12(4-2-11)26-5-7-27(8-6-26)15(29)10-28-14(17(22,23)24)9-13(25-28)16(19,20)21/h1-3,9,12H,4-8,10H2. The summed E-state index contributed by atoms with van der Waals surface area (Å²) in [6, 6.07) is -0.142. The first-order chi connectivity index (χ1) is 13.4. The Labute approximate surface area is 161 Å². The Balaban J connectivity index is 1.64. The molecule has 160 valence electrons. The minimum atomic E-state index is -5.08. The van der Waals surface area contributed by atoms with E-state index in [4.69, 9.17) is 0 Å². The SMILES string of the molecule is O=C(Cn1nc(C(F)(F)F)cc1C(F)(F)F)N1CCN(C2C=CC(F)=CC2)CC1. The Hall–Kier alpha value is -2.37. The molecule has 0 aromatic carbocycles. The maximum atomic E-state index is 13.0. The van der Waals surface area contributed by atoms with Crippen molar-refractivity contribution in [1.29, 1.82) is 0 Å². The van der Waals surface area contributed by atoms with E-state index in [0.29, 0.717) is 19.5 Å². The van der Waals surface area contributed by atoms with E-state index in [9.17, 15) is 35.5 Å². The van der Waals surface area contributed by atoms with Crippen LogP contribution in [0, 0.1) is 0 Å². The smallest absolute Gasteiger partial charge is 0.339 e. The van der Waals surface area contributed by atoms with E-state index in [0.717, 1.165) is 0 Å². The summed E-state index contributed by atoms with van der Waals surface area (Å²) in [5.74, 6) is -1.08. The number of aromatic nitrogens is 2. The Morgan fingerprint density at radius 3 is 2.24 bits per heavy atom. The molecule has 5 nitrogen and oxygen atoms in total. The van der Waals surface area contributed by atoms with Crippen LogP contribution < -0.4 is 0 Å². The first-order valence-corrected chi connectivity index (χ1v) is 8.73. The molecule has 1 fully saturated rings. The van der Waals surface area contributed by atoms with Crippen LogP contribution in [0.4, 0.5) is 30.7 Å². The average Bonchev–Trinajstić information content (AvgIpc) is 3.07. The zero-order valence-corrected chi connectivity index (χ0v) is 15.0. The molecule has 0 saturated carbocycles. The van der Waals surface area contributed by atoms with E-state index in [2.05, 4.69) is 5.10 Å². The molecule has 0 spiro atoms. The highest BCUT2D eigenvalue weighted by atomic mass is 19.4. The fraction of sp³-hybridized carbons (Fsp3) is 0.529. The van der Waals surface area contributed by atoms with Gasteiger partial charge in [-0.1, -0.05) is 6.08 Å². The van der Waals surface area contributed by atoms with E-state index in [-0.39, 0.29) is 35.7 Å². The summed E-state index contributed by atoms with van der Waals surface area (Å²) >= 11 is 0. The molecule has 1 aromatic heterocycles. The third-order valence-corrected chi connectivity index (χ3v) is 4.81. The van der Waals surface area contributed by atoms with Gasteiger partial charge in [0.1, 0.15) is 18.1 Å². The van der Waals surface area contributed by atoms with Crippen LogP contribution >= 0.6 is 0 Å². The van der Waals surface area contributed by atoms with Gasteiger partial charge in [-0.25, -0.2) is 4.39 Å². The van der Waals surface area contributed by atoms with Gasteiger partial charge in [0.15, 0.2) is 5.69 Å². The first-order valence-electron chi connectivity index (χ1n) is 8.73. The number of halogens is 7. The van der Waals surface area contributed by atoms with Crippen LogP contribution in [0.3, 0.4) is 0 Å². The number of amides is 1. The predicted molar refractivity (Wildman–Crippen MR) is 87.1 cm³/mol. The molecule has 1 saturated heterocycles. The molecule has 0 bridgehead atoms. The molecular weight excluding hydrogens is 409 g/mol. The normalized spacial score (nSPS) is 21.4. The van der Waals surface area contributed by atoms with Crippen LogP contribution in [0.5, 0.6) is 0 Å². The van der Waals surface area contributed by atoms with Crippen LogP contribution in [-0.4, -0.2) is 57.7 Å².